The number of benzene rings is 3. The Morgan fingerprint density at radius 2 is 1.85 bits per heavy atom. The second-order valence-corrected chi connectivity index (χ2v) is 10.9. The molecule has 39 heavy (non-hydrogen) atoms. The highest BCUT2D eigenvalue weighted by molar-refractivity contribution is 7.98. The van der Waals surface area contributed by atoms with Gasteiger partial charge in [-0.1, -0.05) is 45.0 Å². The predicted molar refractivity (Wildman–Crippen MR) is 149 cm³/mol. The van der Waals surface area contributed by atoms with Crippen molar-refractivity contribution in [2.45, 2.75) is 50.7 Å². The van der Waals surface area contributed by atoms with E-state index in [4.69, 9.17) is 14.2 Å². The summed E-state index contributed by atoms with van der Waals surface area (Å²) in [6, 6.07) is 17.9. The molecule has 2 N–H and O–H groups in total. The van der Waals surface area contributed by atoms with Gasteiger partial charge in [-0.2, -0.15) is 0 Å². The molecular weight excluding hydrogens is 516 g/mol. The topological polar surface area (TPSA) is 103 Å². The summed E-state index contributed by atoms with van der Waals surface area (Å²) >= 11 is 1.19. The summed E-state index contributed by atoms with van der Waals surface area (Å²) in [5, 5.41) is 2.69. The number of carbonyl (C=O) groups is 3. The first-order valence-corrected chi connectivity index (χ1v) is 13.5. The van der Waals surface area contributed by atoms with Gasteiger partial charge < -0.3 is 19.5 Å². The fraction of sp³-hybridized carbons (Fsp3) is 0.300. The Kier molecular flexibility index (Phi) is 8.93. The minimum atomic E-state index is -1.06. The lowest BCUT2D eigenvalue weighted by Crippen LogP contribution is -2.29. The average Bonchev–Trinajstić information content (AvgIpc) is 2.94. The predicted octanol–water partition coefficient (Wildman–Crippen LogP) is 5.36. The van der Waals surface area contributed by atoms with Crippen LogP contribution in [-0.4, -0.2) is 31.4 Å². The molecule has 2 amide bonds. The number of hydrogen-bond donors (Lipinski definition) is 2. The molecule has 3 aromatic rings. The first kappa shape index (κ1) is 28.2. The van der Waals surface area contributed by atoms with Crippen LogP contribution in [0.25, 0.3) is 0 Å². The molecule has 0 saturated carbocycles. The molecule has 1 atom stereocenters. The van der Waals surface area contributed by atoms with Crippen molar-refractivity contribution in [2.75, 3.05) is 13.3 Å². The highest BCUT2D eigenvalue weighted by Crippen LogP contribution is 2.32. The van der Waals surface area contributed by atoms with Crippen LogP contribution < -0.4 is 19.5 Å². The number of nitrogens with one attached hydrogen (secondary N) is 2. The molecule has 1 unspecified atom stereocenters. The van der Waals surface area contributed by atoms with Crippen LogP contribution in [0, 0.1) is 0 Å². The van der Waals surface area contributed by atoms with Gasteiger partial charge in [-0.15, -0.1) is 0 Å². The highest BCUT2D eigenvalue weighted by atomic mass is 32.2. The van der Waals surface area contributed by atoms with Gasteiger partial charge in [-0.25, -0.2) is 0 Å². The molecule has 1 aliphatic heterocycles. The van der Waals surface area contributed by atoms with Crippen molar-refractivity contribution in [2.24, 2.45) is 0 Å². The lowest BCUT2D eigenvalue weighted by atomic mass is 9.87. The largest absolute Gasteiger partial charge is 0.476 e. The summed E-state index contributed by atoms with van der Waals surface area (Å²) in [6.07, 6.45) is -0.449. The third kappa shape index (κ3) is 6.99. The molecule has 8 nitrogen and oxygen atoms in total. The summed E-state index contributed by atoms with van der Waals surface area (Å²) in [6.45, 7) is 9.16. The Balaban J connectivity index is 1.60. The zero-order valence-corrected chi connectivity index (χ0v) is 23.2. The molecule has 0 fully saturated rings. The van der Waals surface area contributed by atoms with E-state index >= 15 is 0 Å². The van der Waals surface area contributed by atoms with Crippen molar-refractivity contribution in [1.29, 1.82) is 0 Å². The summed E-state index contributed by atoms with van der Waals surface area (Å²) < 4.78 is 20.0. The van der Waals surface area contributed by atoms with Crippen LogP contribution in [0.2, 0.25) is 0 Å². The van der Waals surface area contributed by atoms with Crippen molar-refractivity contribution in [3.05, 3.63) is 88.5 Å². The van der Waals surface area contributed by atoms with Crippen molar-refractivity contribution in [3.63, 3.8) is 0 Å². The van der Waals surface area contributed by atoms with Gasteiger partial charge >= 0.3 is 0 Å². The van der Waals surface area contributed by atoms with Crippen LogP contribution in [0.1, 0.15) is 71.2 Å². The fourth-order valence-electron chi connectivity index (χ4n) is 4.00. The van der Waals surface area contributed by atoms with Gasteiger partial charge in [0.15, 0.2) is 13.1 Å². The second-order valence-electron chi connectivity index (χ2n) is 10.0. The van der Waals surface area contributed by atoms with E-state index in [1.165, 1.54) is 29.6 Å². The SMILES string of the molecule is CCNC(=O)c1cc(OC(C(=O)NSc2ccc(C(C)(C)C)cc2)c2ccc3c(c2)OCOC3)ccc1C=O. The van der Waals surface area contributed by atoms with Crippen LogP contribution in [0.3, 0.4) is 0 Å². The molecule has 9 heteroatoms. The monoisotopic (exact) mass is 548 g/mol. The molecule has 4 rings (SSSR count). The third-order valence-electron chi connectivity index (χ3n) is 6.16. The Hall–Kier alpha value is -3.82. The minimum absolute atomic E-state index is 0.0250. The Labute approximate surface area is 232 Å². The molecule has 0 saturated heterocycles. The van der Waals surface area contributed by atoms with Crippen LogP contribution in [0.5, 0.6) is 11.5 Å². The van der Waals surface area contributed by atoms with Crippen LogP contribution in [-0.2, 0) is 21.6 Å². The first-order valence-electron chi connectivity index (χ1n) is 12.6. The summed E-state index contributed by atoms with van der Waals surface area (Å²) in [4.78, 5) is 38.4. The zero-order valence-electron chi connectivity index (χ0n) is 22.4. The molecule has 204 valence electrons. The molecule has 1 heterocycles. The number of carbonyl (C=O) groups excluding carboxylic acids is 3. The van der Waals surface area contributed by atoms with Crippen molar-refractivity contribution >= 4 is 30.0 Å². The maximum Gasteiger partial charge on any atom is 0.275 e. The Morgan fingerprint density at radius 3 is 2.54 bits per heavy atom. The van der Waals surface area contributed by atoms with Gasteiger partial charge in [-0.05, 0) is 66.2 Å². The third-order valence-corrected chi connectivity index (χ3v) is 6.98. The molecule has 3 aromatic carbocycles. The number of amides is 2. The highest BCUT2D eigenvalue weighted by Gasteiger charge is 2.26. The van der Waals surface area contributed by atoms with E-state index in [0.717, 1.165) is 10.5 Å². The van der Waals surface area contributed by atoms with Gasteiger partial charge in [0.05, 0.1) is 12.2 Å². The smallest absolute Gasteiger partial charge is 0.275 e. The van der Waals surface area contributed by atoms with E-state index in [0.29, 0.717) is 30.8 Å². The van der Waals surface area contributed by atoms with Gasteiger partial charge in [0, 0.05) is 28.1 Å². The minimum Gasteiger partial charge on any atom is -0.476 e. The first-order chi connectivity index (χ1) is 18.7. The molecule has 1 aliphatic rings. The normalized spacial score (nSPS) is 13.4. The Morgan fingerprint density at radius 1 is 1.08 bits per heavy atom. The number of rotatable bonds is 9. The van der Waals surface area contributed by atoms with Crippen LogP contribution in [0.4, 0.5) is 0 Å². The van der Waals surface area contributed by atoms with E-state index < -0.39 is 17.9 Å². The van der Waals surface area contributed by atoms with E-state index in [9.17, 15) is 14.4 Å². The molecule has 0 bridgehead atoms. The van der Waals surface area contributed by atoms with Gasteiger partial charge in [0.2, 0.25) is 6.10 Å². The number of ether oxygens (including phenoxy) is 3. The molecule has 0 aliphatic carbocycles. The average molecular weight is 549 g/mol. The van der Waals surface area contributed by atoms with Gasteiger partial charge in [0.1, 0.15) is 11.5 Å². The van der Waals surface area contributed by atoms with Gasteiger partial charge in [0.25, 0.3) is 11.8 Å². The molecular formula is C30H32N2O6S. The second kappa shape index (κ2) is 12.4. The van der Waals surface area contributed by atoms with Crippen LogP contribution in [0.15, 0.2) is 65.6 Å². The van der Waals surface area contributed by atoms with Gasteiger partial charge in [-0.3, -0.25) is 19.1 Å². The quantitative estimate of drug-likeness (QED) is 0.274. The molecule has 0 spiro atoms. The van der Waals surface area contributed by atoms with E-state index in [2.05, 4.69) is 30.8 Å². The van der Waals surface area contributed by atoms with E-state index in [-0.39, 0.29) is 29.1 Å². The maximum absolute atomic E-state index is 13.5. The number of hydrogen-bond acceptors (Lipinski definition) is 7. The van der Waals surface area contributed by atoms with Crippen molar-refractivity contribution < 1.29 is 28.6 Å². The molecule has 0 radical (unpaired) electrons. The summed E-state index contributed by atoms with van der Waals surface area (Å²) in [5.74, 6) is 0.0850. The maximum atomic E-state index is 13.5. The summed E-state index contributed by atoms with van der Waals surface area (Å²) in [7, 11) is 0. The molecule has 0 aromatic heterocycles. The lowest BCUT2D eigenvalue weighted by Gasteiger charge is -2.23. The van der Waals surface area contributed by atoms with E-state index in [1.807, 2.05) is 30.3 Å². The number of aldehydes is 1. The number of fused-ring (bicyclic) bond motifs is 1. The summed E-state index contributed by atoms with van der Waals surface area (Å²) in [5.41, 5.74) is 3.05. The van der Waals surface area contributed by atoms with E-state index in [1.54, 1.807) is 25.1 Å². The van der Waals surface area contributed by atoms with Crippen molar-refractivity contribution in [1.82, 2.24) is 10.0 Å². The standard InChI is InChI=1S/C30H32N2O6S/c1-5-31-28(34)25-15-23(11-8-20(25)16-33)38-27(19-6-7-21-17-36-18-37-26(21)14-19)29(35)32-39-24-12-9-22(10-13-24)30(2,3)4/h6-16,27H,5,17-18H2,1-4H3,(H,31,34)(H,32,35). The lowest BCUT2D eigenvalue weighted by molar-refractivity contribution is -0.126. The fourth-order valence-corrected chi connectivity index (χ4v) is 4.60. The Bertz CT molecular complexity index is 1350. The zero-order chi connectivity index (χ0) is 28.0. The van der Waals surface area contributed by atoms with Crippen molar-refractivity contribution in [3.8, 4) is 11.5 Å². The van der Waals surface area contributed by atoms with Crippen LogP contribution >= 0.6 is 11.9 Å².